The van der Waals surface area contributed by atoms with Gasteiger partial charge in [-0.15, -0.1) is 6.42 Å². The molecule has 5 fully saturated rings. The molecule has 4 aromatic rings. The lowest BCUT2D eigenvalue weighted by molar-refractivity contribution is 0.107. The highest BCUT2D eigenvalue weighted by Gasteiger charge is 2.67. The summed E-state index contributed by atoms with van der Waals surface area (Å²) in [7, 11) is 0. The van der Waals surface area contributed by atoms with Crippen LogP contribution in [0.1, 0.15) is 31.2 Å². The van der Waals surface area contributed by atoms with Crippen LogP contribution in [0.2, 0.25) is 0 Å². The van der Waals surface area contributed by atoms with E-state index < -0.39 is 30.0 Å². The largest absolute Gasteiger partial charge is 0.461 e. The van der Waals surface area contributed by atoms with Gasteiger partial charge < -0.3 is 20.1 Å². The molecule has 8 nitrogen and oxygen atoms in total. The number of nitrogens with zero attached hydrogens (tertiary/aromatic N) is 5. The number of pyridine rings is 1. The summed E-state index contributed by atoms with van der Waals surface area (Å²) in [4.78, 5) is 17.9. The zero-order valence-electron chi connectivity index (χ0n) is 25.5. The number of nitrogens with two attached hydrogens (primary N) is 1. The Balaban J connectivity index is 1.18. The maximum atomic E-state index is 16.9. The molecule has 2 aromatic carbocycles. The van der Waals surface area contributed by atoms with E-state index in [1.807, 2.05) is 0 Å². The molecule has 0 amide bonds. The molecule has 1 spiro atoms. The molecule has 0 radical (unpaired) electrons. The second-order valence-electron chi connectivity index (χ2n) is 13.9. The fraction of sp³-hybridized carbons (Fsp3) is 0.457. The third kappa shape index (κ3) is 4.32. The smallest absolute Gasteiger partial charge is 0.319 e. The zero-order valence-corrected chi connectivity index (χ0v) is 25.5. The number of hydrogen-bond acceptors (Lipinski definition) is 8. The molecular formula is C35H32F4N6O2. The highest BCUT2D eigenvalue weighted by atomic mass is 19.1. The van der Waals surface area contributed by atoms with Crippen molar-refractivity contribution >= 4 is 33.2 Å². The molecule has 9 rings (SSSR count). The van der Waals surface area contributed by atoms with Crippen molar-refractivity contribution in [2.45, 2.75) is 49.6 Å². The predicted octanol–water partition coefficient (Wildman–Crippen LogP) is 5.21. The number of hydrogen-bond donors (Lipinski definition) is 1. The van der Waals surface area contributed by atoms with E-state index in [2.05, 4.69) is 20.8 Å². The number of aromatic nitrogens is 3. The fourth-order valence-electron chi connectivity index (χ4n) is 8.56. The first kappa shape index (κ1) is 29.0. The number of alkyl halides is 2. The maximum absolute atomic E-state index is 16.9. The third-order valence-electron chi connectivity index (χ3n) is 11.1. The van der Waals surface area contributed by atoms with Crippen LogP contribution in [-0.2, 0) is 4.74 Å². The van der Waals surface area contributed by atoms with Gasteiger partial charge in [-0.05, 0) is 55.8 Å². The second-order valence-corrected chi connectivity index (χ2v) is 13.9. The van der Waals surface area contributed by atoms with Gasteiger partial charge in [-0.2, -0.15) is 9.97 Å². The van der Waals surface area contributed by atoms with Crippen LogP contribution >= 0.6 is 0 Å². The van der Waals surface area contributed by atoms with Gasteiger partial charge in [0.25, 0.3) is 0 Å². The molecule has 3 aliphatic heterocycles. The quantitative estimate of drug-likeness (QED) is 0.180. The monoisotopic (exact) mass is 644 g/mol. The maximum Gasteiger partial charge on any atom is 0.319 e. The van der Waals surface area contributed by atoms with Crippen molar-refractivity contribution in [2.75, 3.05) is 50.1 Å². The average molecular weight is 645 g/mol. The number of halogens is 4. The third-order valence-corrected chi connectivity index (χ3v) is 11.1. The number of ether oxygens (including phenoxy) is 2. The van der Waals surface area contributed by atoms with E-state index in [-0.39, 0.29) is 63.8 Å². The molecule has 2 aliphatic carbocycles. The molecule has 6 atom stereocenters. The Bertz CT molecular complexity index is 2020. The molecule has 2 aromatic heterocycles. The number of benzene rings is 2. The summed E-state index contributed by atoms with van der Waals surface area (Å²) in [6.45, 7) is 2.76. The van der Waals surface area contributed by atoms with Gasteiger partial charge in [-0.3, -0.25) is 9.88 Å². The Morgan fingerprint density at radius 3 is 2.83 bits per heavy atom. The van der Waals surface area contributed by atoms with Crippen LogP contribution in [0.5, 0.6) is 6.01 Å². The van der Waals surface area contributed by atoms with Gasteiger partial charge in [-0.25, -0.2) is 17.6 Å². The van der Waals surface area contributed by atoms with Crippen LogP contribution in [0.25, 0.3) is 32.9 Å². The van der Waals surface area contributed by atoms with Gasteiger partial charge >= 0.3 is 6.01 Å². The van der Waals surface area contributed by atoms with Gasteiger partial charge in [0.2, 0.25) is 0 Å². The Labute approximate surface area is 268 Å². The van der Waals surface area contributed by atoms with Crippen LogP contribution in [0.3, 0.4) is 0 Å². The van der Waals surface area contributed by atoms with Crippen molar-refractivity contribution in [2.24, 2.45) is 11.3 Å². The summed E-state index contributed by atoms with van der Waals surface area (Å²) in [5.74, 6) is 0.926. The van der Waals surface area contributed by atoms with Crippen molar-refractivity contribution in [1.82, 2.24) is 19.9 Å². The van der Waals surface area contributed by atoms with Gasteiger partial charge in [-0.1, -0.05) is 12.0 Å². The zero-order chi connectivity index (χ0) is 32.2. The van der Waals surface area contributed by atoms with E-state index in [1.54, 1.807) is 11.0 Å². The minimum absolute atomic E-state index is 0.0367. The normalized spacial score (nSPS) is 31.2. The van der Waals surface area contributed by atoms with Crippen LogP contribution in [0.15, 0.2) is 30.5 Å². The summed E-state index contributed by atoms with van der Waals surface area (Å²) in [6, 6.07) is 5.37. The number of nitrogen functional groups attached to an aromatic ring is 1. The lowest BCUT2D eigenvalue weighted by Crippen LogP contribution is -2.43. The summed E-state index contributed by atoms with van der Waals surface area (Å²) in [5.41, 5.74) is 5.82. The standard InChI is InChI=1S/C35H32F4N6O2/c1-2-20-24(36)5-4-18-10-19(40)11-21(26(18)20)29-28(39)30-22(13-41-29)32(45-8-9-46-14-23-27(38)31(23)45)43-33(42-30)47-17-35-6-3-7-44(35)16-34(15-35)12-25(34)37/h1,4-5,10-11,13,23,25,27,31H,3,6-9,12,14-17,40H2/t23-,25+,27-,31-,34-,35-/m0/s1. The lowest BCUT2D eigenvalue weighted by atomic mass is 9.89. The van der Waals surface area contributed by atoms with E-state index >= 15 is 4.39 Å². The second kappa shape index (κ2) is 10.1. The predicted molar refractivity (Wildman–Crippen MR) is 168 cm³/mol. The lowest BCUT2D eigenvalue weighted by Gasteiger charge is -2.31. The van der Waals surface area contributed by atoms with E-state index in [1.165, 1.54) is 24.4 Å². The Morgan fingerprint density at radius 1 is 1.17 bits per heavy atom. The Morgan fingerprint density at radius 2 is 2.02 bits per heavy atom. The topological polar surface area (TPSA) is 89.6 Å². The molecule has 2 saturated carbocycles. The van der Waals surface area contributed by atoms with Crippen molar-refractivity contribution in [3.8, 4) is 29.6 Å². The van der Waals surface area contributed by atoms with E-state index in [9.17, 15) is 13.2 Å². The molecule has 242 valence electrons. The van der Waals surface area contributed by atoms with Crippen molar-refractivity contribution < 1.29 is 27.0 Å². The molecule has 12 heteroatoms. The molecule has 0 bridgehead atoms. The van der Waals surface area contributed by atoms with Gasteiger partial charge in [0.15, 0.2) is 5.82 Å². The molecule has 0 unspecified atom stereocenters. The average Bonchev–Trinajstić information content (AvgIpc) is 3.81. The first-order valence-corrected chi connectivity index (χ1v) is 16.1. The van der Waals surface area contributed by atoms with Gasteiger partial charge in [0, 0.05) is 47.3 Å². The highest BCUT2D eigenvalue weighted by molar-refractivity contribution is 6.03. The van der Waals surface area contributed by atoms with E-state index in [0.29, 0.717) is 54.8 Å². The summed E-state index contributed by atoms with van der Waals surface area (Å²) in [6.07, 6.45) is 8.32. The van der Waals surface area contributed by atoms with Crippen LogP contribution in [-0.4, -0.2) is 83.2 Å². The van der Waals surface area contributed by atoms with E-state index in [4.69, 9.17) is 26.6 Å². The van der Waals surface area contributed by atoms with E-state index in [0.717, 1.165) is 19.4 Å². The van der Waals surface area contributed by atoms with Crippen molar-refractivity contribution in [3.05, 3.63) is 47.7 Å². The Hall–Kier alpha value is -4.21. The summed E-state index contributed by atoms with van der Waals surface area (Å²) in [5, 5.41) is 1.10. The van der Waals surface area contributed by atoms with Crippen LogP contribution in [0.4, 0.5) is 29.1 Å². The minimum atomic E-state index is -1.12. The molecule has 2 N–H and O–H groups in total. The van der Waals surface area contributed by atoms with Crippen molar-refractivity contribution in [3.63, 3.8) is 0 Å². The summed E-state index contributed by atoms with van der Waals surface area (Å²) >= 11 is 0. The van der Waals surface area contributed by atoms with Crippen LogP contribution < -0.4 is 15.4 Å². The number of fused-ring (bicyclic) bond motifs is 4. The fourth-order valence-corrected chi connectivity index (χ4v) is 8.56. The first-order valence-electron chi connectivity index (χ1n) is 16.1. The van der Waals surface area contributed by atoms with Gasteiger partial charge in [0.05, 0.1) is 35.7 Å². The minimum Gasteiger partial charge on any atom is -0.461 e. The SMILES string of the molecule is C#Cc1c(F)ccc2cc(N)cc(-c3ncc4c(N5CCOC[C@H]6[C@H](F)[C@H]65)nc(OC[C@@]56CCCN5C[C@]5(C[C@H]5F)C6)nc4c3F)c12. The number of rotatable bonds is 5. The molecular weight excluding hydrogens is 612 g/mol. The molecule has 3 saturated heterocycles. The van der Waals surface area contributed by atoms with Crippen LogP contribution in [0, 0.1) is 35.3 Å². The van der Waals surface area contributed by atoms with Crippen molar-refractivity contribution in [1.29, 1.82) is 0 Å². The molecule has 5 heterocycles. The summed E-state index contributed by atoms with van der Waals surface area (Å²) < 4.78 is 73.1. The highest BCUT2D eigenvalue weighted by Crippen LogP contribution is 2.62. The molecule has 5 aliphatic rings. The first-order chi connectivity index (χ1) is 22.7. The Kier molecular flexibility index (Phi) is 6.25. The number of anilines is 2. The molecule has 47 heavy (non-hydrogen) atoms. The van der Waals surface area contributed by atoms with Gasteiger partial charge in [0.1, 0.15) is 41.8 Å². The number of terminal acetylenes is 1.